The molecule has 1 fully saturated rings. The molecule has 1 aliphatic heterocycles. The Morgan fingerprint density at radius 1 is 1.50 bits per heavy atom. The molecule has 4 nitrogen and oxygen atoms in total. The molecule has 2 atom stereocenters. The Hall–Kier alpha value is -1.29. The van der Waals surface area contributed by atoms with Crippen LogP contribution in [0.1, 0.15) is 31.0 Å². The fourth-order valence-electron chi connectivity index (χ4n) is 1.94. The molecule has 4 heteroatoms. The zero-order valence-corrected chi connectivity index (χ0v) is 7.86. The van der Waals surface area contributed by atoms with E-state index in [-0.39, 0.29) is 6.04 Å². The highest BCUT2D eigenvalue weighted by atomic mass is 16.4. The molecule has 0 spiro atoms. The van der Waals surface area contributed by atoms with Crippen molar-refractivity contribution in [2.75, 3.05) is 0 Å². The standard InChI is InChI=1S/C10H14N2O2/c13-10(14)9-4-1-3-8(12-9)7-5-2-6-11-7/h2,5-6,8-9,11-12H,1,3-4H2,(H,13,14). The van der Waals surface area contributed by atoms with Crippen LogP contribution in [0.25, 0.3) is 0 Å². The molecular weight excluding hydrogens is 180 g/mol. The third-order valence-electron chi connectivity index (χ3n) is 2.68. The third-order valence-corrected chi connectivity index (χ3v) is 2.68. The quantitative estimate of drug-likeness (QED) is 0.664. The van der Waals surface area contributed by atoms with Crippen molar-refractivity contribution in [1.29, 1.82) is 0 Å². The molecule has 0 aliphatic carbocycles. The van der Waals surface area contributed by atoms with Crippen LogP contribution in [-0.2, 0) is 4.79 Å². The van der Waals surface area contributed by atoms with Gasteiger partial charge in [-0.1, -0.05) is 0 Å². The predicted molar refractivity (Wildman–Crippen MR) is 51.9 cm³/mol. The number of hydrogen-bond acceptors (Lipinski definition) is 2. The first-order chi connectivity index (χ1) is 6.77. The van der Waals surface area contributed by atoms with Gasteiger partial charge < -0.3 is 10.1 Å². The summed E-state index contributed by atoms with van der Waals surface area (Å²) >= 11 is 0. The number of hydrogen-bond donors (Lipinski definition) is 3. The molecule has 2 unspecified atom stereocenters. The Morgan fingerprint density at radius 3 is 3.00 bits per heavy atom. The van der Waals surface area contributed by atoms with Gasteiger partial charge in [0, 0.05) is 17.9 Å². The molecule has 1 aliphatic rings. The van der Waals surface area contributed by atoms with Gasteiger partial charge in [0.25, 0.3) is 0 Å². The highest BCUT2D eigenvalue weighted by Gasteiger charge is 2.26. The Balaban J connectivity index is 2.04. The topological polar surface area (TPSA) is 65.1 Å². The second-order valence-corrected chi connectivity index (χ2v) is 3.67. The van der Waals surface area contributed by atoms with Gasteiger partial charge in [-0.05, 0) is 31.4 Å². The predicted octanol–water partition coefficient (Wildman–Crippen LogP) is 1.28. The normalized spacial score (nSPS) is 27.4. The second-order valence-electron chi connectivity index (χ2n) is 3.67. The first kappa shape index (κ1) is 9.27. The van der Waals surface area contributed by atoms with E-state index in [4.69, 9.17) is 5.11 Å². The molecule has 1 aromatic rings. The molecule has 0 amide bonds. The van der Waals surface area contributed by atoms with Crippen LogP contribution < -0.4 is 5.32 Å². The summed E-state index contributed by atoms with van der Waals surface area (Å²) in [6.07, 6.45) is 4.56. The van der Waals surface area contributed by atoms with E-state index in [1.807, 2.05) is 18.3 Å². The maximum Gasteiger partial charge on any atom is 0.320 e. The lowest BCUT2D eigenvalue weighted by Crippen LogP contribution is -2.42. The molecule has 1 saturated heterocycles. The van der Waals surface area contributed by atoms with Crippen LogP contribution in [0.2, 0.25) is 0 Å². The highest BCUT2D eigenvalue weighted by Crippen LogP contribution is 2.24. The number of carbonyl (C=O) groups is 1. The Morgan fingerprint density at radius 2 is 2.36 bits per heavy atom. The van der Waals surface area contributed by atoms with E-state index in [1.165, 1.54) is 0 Å². The zero-order valence-electron chi connectivity index (χ0n) is 7.86. The number of aromatic nitrogens is 1. The minimum atomic E-state index is -0.749. The number of carboxylic acid groups (broad SMARTS) is 1. The smallest absolute Gasteiger partial charge is 0.320 e. The molecule has 0 radical (unpaired) electrons. The van der Waals surface area contributed by atoms with Crippen molar-refractivity contribution < 1.29 is 9.90 Å². The highest BCUT2D eigenvalue weighted by molar-refractivity contribution is 5.73. The average Bonchev–Trinajstić information content (AvgIpc) is 2.71. The maximum atomic E-state index is 10.8. The van der Waals surface area contributed by atoms with Crippen molar-refractivity contribution in [2.24, 2.45) is 0 Å². The van der Waals surface area contributed by atoms with Crippen molar-refractivity contribution in [3.63, 3.8) is 0 Å². The summed E-state index contributed by atoms with van der Waals surface area (Å²) in [5, 5.41) is 12.0. The monoisotopic (exact) mass is 194 g/mol. The molecule has 2 heterocycles. The fraction of sp³-hybridized carbons (Fsp3) is 0.500. The zero-order chi connectivity index (χ0) is 9.97. The Labute approximate surface area is 82.3 Å². The summed E-state index contributed by atoms with van der Waals surface area (Å²) in [6.45, 7) is 0. The van der Waals surface area contributed by atoms with Gasteiger partial charge in [0.15, 0.2) is 0 Å². The van der Waals surface area contributed by atoms with Gasteiger partial charge in [-0.15, -0.1) is 0 Å². The van der Waals surface area contributed by atoms with Gasteiger partial charge in [-0.2, -0.15) is 0 Å². The van der Waals surface area contributed by atoms with Crippen LogP contribution >= 0.6 is 0 Å². The van der Waals surface area contributed by atoms with Gasteiger partial charge in [0.05, 0.1) is 0 Å². The lowest BCUT2D eigenvalue weighted by molar-refractivity contribution is -0.140. The first-order valence-corrected chi connectivity index (χ1v) is 4.89. The van der Waals surface area contributed by atoms with Gasteiger partial charge in [-0.25, -0.2) is 0 Å². The molecule has 14 heavy (non-hydrogen) atoms. The van der Waals surface area contributed by atoms with Gasteiger partial charge in [-0.3, -0.25) is 10.1 Å². The van der Waals surface area contributed by atoms with Crippen LogP contribution in [-0.4, -0.2) is 22.1 Å². The number of aliphatic carboxylic acids is 1. The summed E-state index contributed by atoms with van der Waals surface area (Å²) in [4.78, 5) is 13.9. The average molecular weight is 194 g/mol. The number of piperidine rings is 1. The van der Waals surface area contributed by atoms with Crippen LogP contribution in [0.15, 0.2) is 18.3 Å². The molecular formula is C10H14N2O2. The minimum Gasteiger partial charge on any atom is -0.480 e. The van der Waals surface area contributed by atoms with Crippen LogP contribution in [0.5, 0.6) is 0 Å². The molecule has 3 N–H and O–H groups in total. The van der Waals surface area contributed by atoms with Gasteiger partial charge >= 0.3 is 5.97 Å². The first-order valence-electron chi connectivity index (χ1n) is 4.89. The van der Waals surface area contributed by atoms with Crippen LogP contribution in [0.4, 0.5) is 0 Å². The number of rotatable bonds is 2. The van der Waals surface area contributed by atoms with Crippen molar-refractivity contribution >= 4 is 5.97 Å². The molecule has 76 valence electrons. The van der Waals surface area contributed by atoms with Gasteiger partial charge in [0.2, 0.25) is 0 Å². The van der Waals surface area contributed by atoms with Crippen molar-refractivity contribution in [3.8, 4) is 0 Å². The summed E-state index contributed by atoms with van der Waals surface area (Å²) in [5.41, 5.74) is 1.08. The largest absolute Gasteiger partial charge is 0.480 e. The molecule has 0 bridgehead atoms. The minimum absolute atomic E-state index is 0.167. The van der Waals surface area contributed by atoms with Crippen LogP contribution in [0, 0.1) is 0 Å². The number of H-pyrrole nitrogens is 1. The second kappa shape index (κ2) is 3.84. The maximum absolute atomic E-state index is 10.8. The SMILES string of the molecule is O=C(O)C1CCCC(c2ccc[nH]2)N1. The number of nitrogens with one attached hydrogen (secondary N) is 2. The molecule has 1 aromatic heterocycles. The summed E-state index contributed by atoms with van der Waals surface area (Å²) in [7, 11) is 0. The lowest BCUT2D eigenvalue weighted by atomic mass is 9.97. The van der Waals surface area contributed by atoms with E-state index in [9.17, 15) is 4.79 Å². The van der Waals surface area contributed by atoms with E-state index >= 15 is 0 Å². The fourth-order valence-corrected chi connectivity index (χ4v) is 1.94. The molecule has 0 saturated carbocycles. The van der Waals surface area contributed by atoms with Crippen molar-refractivity contribution in [2.45, 2.75) is 31.3 Å². The summed E-state index contributed by atoms with van der Waals surface area (Å²) in [5.74, 6) is -0.749. The Bertz CT molecular complexity index is 308. The van der Waals surface area contributed by atoms with E-state index in [0.717, 1.165) is 25.0 Å². The van der Waals surface area contributed by atoms with E-state index in [2.05, 4.69) is 10.3 Å². The number of carboxylic acids is 1. The molecule has 0 aromatic carbocycles. The van der Waals surface area contributed by atoms with Crippen molar-refractivity contribution in [3.05, 3.63) is 24.0 Å². The van der Waals surface area contributed by atoms with Crippen molar-refractivity contribution in [1.82, 2.24) is 10.3 Å². The van der Waals surface area contributed by atoms with Crippen LogP contribution in [0.3, 0.4) is 0 Å². The van der Waals surface area contributed by atoms with E-state index < -0.39 is 12.0 Å². The van der Waals surface area contributed by atoms with E-state index in [0.29, 0.717) is 0 Å². The summed E-state index contributed by atoms with van der Waals surface area (Å²) < 4.78 is 0. The summed E-state index contributed by atoms with van der Waals surface area (Å²) in [6, 6.07) is 3.69. The number of aromatic amines is 1. The Kier molecular flexibility index (Phi) is 2.54. The molecule has 2 rings (SSSR count). The lowest BCUT2D eigenvalue weighted by Gasteiger charge is -2.27. The van der Waals surface area contributed by atoms with E-state index in [1.54, 1.807) is 0 Å². The van der Waals surface area contributed by atoms with Gasteiger partial charge in [0.1, 0.15) is 6.04 Å². The third kappa shape index (κ3) is 1.80.